The lowest BCUT2D eigenvalue weighted by Crippen LogP contribution is -2.41. The molecule has 1 unspecified atom stereocenters. The first-order valence-corrected chi connectivity index (χ1v) is 7.79. The van der Waals surface area contributed by atoms with Gasteiger partial charge in [0.05, 0.1) is 6.04 Å². The Morgan fingerprint density at radius 2 is 2.10 bits per heavy atom. The zero-order chi connectivity index (χ0) is 14.1. The maximum Gasteiger partial charge on any atom is 0.149 e. The van der Waals surface area contributed by atoms with Crippen LogP contribution in [0.3, 0.4) is 0 Å². The monoisotopic (exact) mass is 334 g/mol. The molecule has 1 aromatic heterocycles. The van der Waals surface area contributed by atoms with Crippen molar-refractivity contribution in [2.24, 2.45) is 7.05 Å². The molecule has 4 nitrogen and oxygen atoms in total. The van der Waals surface area contributed by atoms with E-state index in [1.165, 1.54) is 22.9 Å². The van der Waals surface area contributed by atoms with Gasteiger partial charge < -0.3 is 9.88 Å². The molecule has 0 aliphatic heterocycles. The summed E-state index contributed by atoms with van der Waals surface area (Å²) < 4.78 is 3.20. The first kappa shape index (κ1) is 13.8. The summed E-state index contributed by atoms with van der Waals surface area (Å²) in [5.74, 6) is 1.66. The lowest BCUT2D eigenvalue weighted by Gasteiger charge is -2.38. The summed E-state index contributed by atoms with van der Waals surface area (Å²) in [6, 6.07) is 9.34. The molecule has 0 saturated heterocycles. The van der Waals surface area contributed by atoms with Crippen LogP contribution in [0.25, 0.3) is 0 Å². The Morgan fingerprint density at radius 3 is 2.75 bits per heavy atom. The van der Waals surface area contributed by atoms with Crippen LogP contribution in [0, 0.1) is 0 Å². The number of rotatable bonds is 4. The van der Waals surface area contributed by atoms with Gasteiger partial charge in [-0.15, -0.1) is 10.2 Å². The molecular weight excluding hydrogens is 316 g/mol. The molecule has 0 radical (unpaired) electrons. The summed E-state index contributed by atoms with van der Waals surface area (Å²) >= 11 is 3.64. The van der Waals surface area contributed by atoms with Crippen molar-refractivity contribution >= 4 is 15.9 Å². The number of aryl methyl sites for hydroxylation is 1. The number of hydrogen-bond acceptors (Lipinski definition) is 3. The smallest absolute Gasteiger partial charge is 0.149 e. The zero-order valence-corrected chi connectivity index (χ0v) is 13.3. The molecule has 1 aliphatic rings. The van der Waals surface area contributed by atoms with Crippen LogP contribution < -0.4 is 5.32 Å². The number of benzene rings is 1. The SMILES string of the molecule is CC(NC1CC(c2ccccc2Br)C1)c1nncn1C. The third-order valence-corrected chi connectivity index (χ3v) is 4.82. The molecule has 3 rings (SSSR count). The molecular formula is C15H19BrN4. The molecule has 106 valence electrons. The van der Waals surface area contributed by atoms with E-state index in [4.69, 9.17) is 0 Å². The highest BCUT2D eigenvalue weighted by Gasteiger charge is 2.32. The predicted octanol–water partition coefficient (Wildman–Crippen LogP) is 3.17. The molecule has 1 N–H and O–H groups in total. The van der Waals surface area contributed by atoms with Gasteiger partial charge in [-0.3, -0.25) is 0 Å². The van der Waals surface area contributed by atoms with Gasteiger partial charge >= 0.3 is 0 Å². The second-order valence-corrected chi connectivity index (χ2v) is 6.43. The van der Waals surface area contributed by atoms with Crippen LogP contribution in [0.4, 0.5) is 0 Å². The Balaban J connectivity index is 1.56. The molecule has 1 heterocycles. The summed E-state index contributed by atoms with van der Waals surface area (Å²) in [7, 11) is 1.98. The van der Waals surface area contributed by atoms with E-state index in [0.717, 1.165) is 5.82 Å². The van der Waals surface area contributed by atoms with Crippen molar-refractivity contribution < 1.29 is 0 Å². The number of nitrogens with zero attached hydrogens (tertiary/aromatic N) is 3. The number of nitrogens with one attached hydrogen (secondary N) is 1. The van der Waals surface area contributed by atoms with Gasteiger partial charge in [0.2, 0.25) is 0 Å². The van der Waals surface area contributed by atoms with Gasteiger partial charge in [-0.05, 0) is 37.3 Å². The van der Waals surface area contributed by atoms with Gasteiger partial charge in [0, 0.05) is 17.6 Å². The first-order chi connectivity index (χ1) is 9.65. The van der Waals surface area contributed by atoms with Crippen LogP contribution in [0.5, 0.6) is 0 Å². The average Bonchev–Trinajstić information content (AvgIpc) is 2.81. The second kappa shape index (κ2) is 5.66. The Morgan fingerprint density at radius 1 is 1.35 bits per heavy atom. The summed E-state index contributed by atoms with van der Waals surface area (Å²) in [4.78, 5) is 0. The van der Waals surface area contributed by atoms with Gasteiger partial charge in [0.15, 0.2) is 0 Å². The first-order valence-electron chi connectivity index (χ1n) is 6.99. The summed E-state index contributed by atoms with van der Waals surface area (Å²) in [5.41, 5.74) is 1.43. The number of hydrogen-bond donors (Lipinski definition) is 1. The molecule has 2 aromatic rings. The number of aromatic nitrogens is 3. The normalized spacial score (nSPS) is 23.4. The maximum atomic E-state index is 4.16. The Hall–Kier alpha value is -1.20. The van der Waals surface area contributed by atoms with Gasteiger partial charge in [-0.1, -0.05) is 34.1 Å². The van der Waals surface area contributed by atoms with E-state index >= 15 is 0 Å². The van der Waals surface area contributed by atoms with Crippen molar-refractivity contribution in [2.45, 2.75) is 37.8 Å². The summed E-state index contributed by atoms with van der Waals surface area (Å²) in [5, 5.41) is 11.7. The molecule has 5 heteroatoms. The Kier molecular flexibility index (Phi) is 3.89. The van der Waals surface area contributed by atoms with Crippen LogP contribution in [-0.4, -0.2) is 20.8 Å². The Labute approximate surface area is 127 Å². The molecule has 0 amide bonds. The highest BCUT2D eigenvalue weighted by atomic mass is 79.9. The van der Waals surface area contributed by atoms with Gasteiger partial charge in [0.25, 0.3) is 0 Å². The van der Waals surface area contributed by atoms with Crippen LogP contribution >= 0.6 is 15.9 Å². The van der Waals surface area contributed by atoms with E-state index in [-0.39, 0.29) is 6.04 Å². The standard InChI is InChI=1S/C15H19BrN4/c1-10(15-19-17-9-20(15)2)18-12-7-11(8-12)13-5-3-4-6-14(13)16/h3-6,9-12,18H,7-8H2,1-2H3. The minimum absolute atomic E-state index is 0.243. The van der Waals surface area contributed by atoms with Gasteiger partial charge in [-0.2, -0.15) is 0 Å². The molecule has 1 aliphatic carbocycles. The van der Waals surface area contributed by atoms with Crippen molar-refractivity contribution in [3.05, 3.63) is 46.5 Å². The fraction of sp³-hybridized carbons (Fsp3) is 0.467. The lowest BCUT2D eigenvalue weighted by atomic mass is 9.75. The van der Waals surface area contributed by atoms with Crippen molar-refractivity contribution in [1.82, 2.24) is 20.1 Å². The fourth-order valence-corrected chi connectivity index (χ4v) is 3.53. The fourth-order valence-electron chi connectivity index (χ4n) is 2.93. The highest BCUT2D eigenvalue weighted by molar-refractivity contribution is 9.10. The van der Waals surface area contributed by atoms with Crippen LogP contribution in [0.1, 0.15) is 43.1 Å². The minimum Gasteiger partial charge on any atom is -0.319 e. The topological polar surface area (TPSA) is 42.7 Å². The molecule has 1 atom stereocenters. The molecule has 1 saturated carbocycles. The largest absolute Gasteiger partial charge is 0.319 e. The van der Waals surface area contributed by atoms with Crippen molar-refractivity contribution in [2.75, 3.05) is 0 Å². The minimum atomic E-state index is 0.243. The van der Waals surface area contributed by atoms with Gasteiger partial charge in [-0.25, -0.2) is 0 Å². The van der Waals surface area contributed by atoms with E-state index in [1.54, 1.807) is 6.33 Å². The van der Waals surface area contributed by atoms with E-state index in [0.29, 0.717) is 12.0 Å². The molecule has 20 heavy (non-hydrogen) atoms. The third kappa shape index (κ3) is 2.65. The van der Waals surface area contributed by atoms with Crippen LogP contribution in [0.15, 0.2) is 35.1 Å². The molecule has 0 spiro atoms. The quantitative estimate of drug-likeness (QED) is 0.933. The van der Waals surface area contributed by atoms with Crippen molar-refractivity contribution in [3.63, 3.8) is 0 Å². The third-order valence-electron chi connectivity index (χ3n) is 4.10. The summed E-state index contributed by atoms with van der Waals surface area (Å²) in [6.45, 7) is 2.15. The average molecular weight is 335 g/mol. The predicted molar refractivity (Wildman–Crippen MR) is 82.5 cm³/mol. The Bertz CT molecular complexity index is 589. The van der Waals surface area contributed by atoms with Crippen molar-refractivity contribution in [3.8, 4) is 0 Å². The zero-order valence-electron chi connectivity index (χ0n) is 11.8. The summed E-state index contributed by atoms with van der Waals surface area (Å²) in [6.07, 6.45) is 4.12. The van der Waals surface area contributed by atoms with E-state index in [9.17, 15) is 0 Å². The number of halogens is 1. The molecule has 0 bridgehead atoms. The van der Waals surface area contributed by atoms with E-state index < -0.39 is 0 Å². The van der Waals surface area contributed by atoms with E-state index in [1.807, 2.05) is 11.6 Å². The van der Waals surface area contributed by atoms with Gasteiger partial charge in [0.1, 0.15) is 12.2 Å². The van der Waals surface area contributed by atoms with Crippen LogP contribution in [0.2, 0.25) is 0 Å². The highest BCUT2D eigenvalue weighted by Crippen LogP contribution is 2.40. The molecule has 1 aromatic carbocycles. The lowest BCUT2D eigenvalue weighted by molar-refractivity contribution is 0.265. The van der Waals surface area contributed by atoms with E-state index in [2.05, 4.69) is 62.6 Å². The second-order valence-electron chi connectivity index (χ2n) is 5.58. The molecule has 1 fully saturated rings. The maximum absolute atomic E-state index is 4.16. The van der Waals surface area contributed by atoms with Crippen molar-refractivity contribution in [1.29, 1.82) is 0 Å². The van der Waals surface area contributed by atoms with Crippen LogP contribution in [-0.2, 0) is 7.05 Å².